The molecule has 1 amide bonds. The Morgan fingerprint density at radius 3 is 2.69 bits per heavy atom. The summed E-state index contributed by atoms with van der Waals surface area (Å²) in [4.78, 5) is 22.2. The van der Waals surface area contributed by atoms with Gasteiger partial charge in [-0.15, -0.1) is 0 Å². The summed E-state index contributed by atoms with van der Waals surface area (Å²) in [5.74, 6) is 0.0714. The summed E-state index contributed by atoms with van der Waals surface area (Å²) in [7, 11) is 0. The van der Waals surface area contributed by atoms with Crippen molar-refractivity contribution in [1.29, 1.82) is 0 Å². The molecule has 5 nitrogen and oxygen atoms in total. The van der Waals surface area contributed by atoms with E-state index in [-0.39, 0.29) is 6.04 Å². The summed E-state index contributed by atoms with van der Waals surface area (Å²) >= 11 is 0. The smallest absolute Gasteiger partial charge is 0.225 e. The lowest BCUT2D eigenvalue weighted by Crippen LogP contribution is -2.51. The lowest BCUT2D eigenvalue weighted by molar-refractivity contribution is -0.120. The predicted molar refractivity (Wildman–Crippen MR) is 56.4 cm³/mol. The number of amides is 1. The topological polar surface area (TPSA) is 49.3 Å². The van der Waals surface area contributed by atoms with E-state index in [1.165, 1.54) is 0 Å². The van der Waals surface area contributed by atoms with Gasteiger partial charge < -0.3 is 9.80 Å². The van der Waals surface area contributed by atoms with Gasteiger partial charge in [0, 0.05) is 25.7 Å². The highest BCUT2D eigenvalue weighted by Crippen LogP contribution is 2.13. The maximum Gasteiger partial charge on any atom is 0.225 e. The van der Waals surface area contributed by atoms with E-state index in [1.807, 2.05) is 11.8 Å². The van der Waals surface area contributed by atoms with Gasteiger partial charge in [-0.25, -0.2) is 14.4 Å². The number of hydrogen-bond acceptors (Lipinski definition) is 4. The molecule has 1 fully saturated rings. The van der Waals surface area contributed by atoms with Crippen LogP contribution in [0.1, 0.15) is 6.92 Å². The Kier molecular flexibility index (Phi) is 2.98. The van der Waals surface area contributed by atoms with Gasteiger partial charge in [0.1, 0.15) is 0 Å². The van der Waals surface area contributed by atoms with E-state index < -0.39 is 5.82 Å². The van der Waals surface area contributed by atoms with Crippen molar-refractivity contribution in [1.82, 2.24) is 14.9 Å². The molecule has 0 saturated carbocycles. The standard InChI is InChI=1S/C10H13FN4O/c1-8-6-14(2-3-15(8)7-16)10-12-4-9(11)5-13-10/h4-5,7-8H,2-3,6H2,1H3/t8-/m0/s1. The van der Waals surface area contributed by atoms with E-state index in [2.05, 4.69) is 9.97 Å². The summed E-state index contributed by atoms with van der Waals surface area (Å²) in [6.45, 7) is 3.95. The molecule has 1 atom stereocenters. The summed E-state index contributed by atoms with van der Waals surface area (Å²) in [6, 6.07) is 0.125. The number of nitrogens with zero attached hydrogens (tertiary/aromatic N) is 4. The minimum atomic E-state index is -0.441. The normalized spacial score (nSPS) is 21.0. The van der Waals surface area contributed by atoms with Gasteiger partial charge in [0.25, 0.3) is 0 Å². The number of halogens is 1. The molecule has 0 radical (unpaired) electrons. The number of rotatable bonds is 2. The van der Waals surface area contributed by atoms with Gasteiger partial charge >= 0.3 is 0 Å². The second-order valence-corrected chi connectivity index (χ2v) is 3.84. The molecular weight excluding hydrogens is 211 g/mol. The van der Waals surface area contributed by atoms with Crippen LogP contribution >= 0.6 is 0 Å². The first kappa shape index (κ1) is 10.8. The second-order valence-electron chi connectivity index (χ2n) is 3.84. The monoisotopic (exact) mass is 224 g/mol. The van der Waals surface area contributed by atoms with Crippen molar-refractivity contribution < 1.29 is 9.18 Å². The van der Waals surface area contributed by atoms with E-state index >= 15 is 0 Å². The van der Waals surface area contributed by atoms with Crippen molar-refractivity contribution in [2.24, 2.45) is 0 Å². The van der Waals surface area contributed by atoms with E-state index in [4.69, 9.17) is 0 Å². The maximum atomic E-state index is 12.6. The predicted octanol–water partition coefficient (Wildman–Crippen LogP) is 0.283. The van der Waals surface area contributed by atoms with Crippen LogP contribution in [0.2, 0.25) is 0 Å². The lowest BCUT2D eigenvalue weighted by atomic mass is 10.2. The molecule has 1 aromatic rings. The molecule has 2 rings (SSSR count). The number of carbonyl (C=O) groups is 1. The first-order chi connectivity index (χ1) is 7.70. The Morgan fingerprint density at radius 2 is 2.12 bits per heavy atom. The highest BCUT2D eigenvalue weighted by atomic mass is 19.1. The fraction of sp³-hybridized carbons (Fsp3) is 0.500. The largest absolute Gasteiger partial charge is 0.339 e. The second kappa shape index (κ2) is 4.42. The van der Waals surface area contributed by atoms with Crippen LogP contribution in [-0.4, -0.2) is 47.0 Å². The molecule has 0 unspecified atom stereocenters. The van der Waals surface area contributed by atoms with Gasteiger partial charge in [0.15, 0.2) is 5.82 Å². The van der Waals surface area contributed by atoms with Gasteiger partial charge in [-0.3, -0.25) is 4.79 Å². The molecule has 0 N–H and O–H groups in total. The fourth-order valence-corrected chi connectivity index (χ4v) is 1.78. The molecular formula is C10H13FN4O. The number of hydrogen-bond donors (Lipinski definition) is 0. The van der Waals surface area contributed by atoms with Crippen molar-refractivity contribution in [2.75, 3.05) is 24.5 Å². The number of piperazine rings is 1. The van der Waals surface area contributed by atoms with Gasteiger partial charge in [-0.05, 0) is 6.92 Å². The molecule has 0 aliphatic carbocycles. The van der Waals surface area contributed by atoms with Crippen LogP contribution in [0.3, 0.4) is 0 Å². The average molecular weight is 224 g/mol. The number of aromatic nitrogens is 2. The van der Waals surface area contributed by atoms with Crippen molar-refractivity contribution in [2.45, 2.75) is 13.0 Å². The molecule has 0 spiro atoms. The van der Waals surface area contributed by atoms with Crippen LogP contribution in [0.25, 0.3) is 0 Å². The van der Waals surface area contributed by atoms with Gasteiger partial charge in [-0.2, -0.15) is 0 Å². The lowest BCUT2D eigenvalue weighted by Gasteiger charge is -2.37. The summed E-state index contributed by atoms with van der Waals surface area (Å²) < 4.78 is 12.6. The third-order valence-corrected chi connectivity index (χ3v) is 2.70. The average Bonchev–Trinajstić information content (AvgIpc) is 2.30. The van der Waals surface area contributed by atoms with Crippen LogP contribution in [-0.2, 0) is 4.79 Å². The van der Waals surface area contributed by atoms with Crippen LogP contribution < -0.4 is 4.90 Å². The van der Waals surface area contributed by atoms with Crippen molar-refractivity contribution >= 4 is 12.4 Å². The highest BCUT2D eigenvalue weighted by Gasteiger charge is 2.23. The maximum absolute atomic E-state index is 12.6. The zero-order valence-corrected chi connectivity index (χ0v) is 9.01. The fourth-order valence-electron chi connectivity index (χ4n) is 1.78. The van der Waals surface area contributed by atoms with Crippen LogP contribution in [0, 0.1) is 5.82 Å². The Hall–Kier alpha value is -1.72. The molecule has 2 heterocycles. The Balaban J connectivity index is 2.07. The first-order valence-corrected chi connectivity index (χ1v) is 5.14. The van der Waals surface area contributed by atoms with Gasteiger partial charge in [0.2, 0.25) is 12.4 Å². The molecule has 1 aliphatic heterocycles. The van der Waals surface area contributed by atoms with Crippen molar-refractivity contribution in [3.05, 3.63) is 18.2 Å². The van der Waals surface area contributed by atoms with E-state index in [0.717, 1.165) is 18.8 Å². The van der Waals surface area contributed by atoms with Gasteiger partial charge in [-0.1, -0.05) is 0 Å². The van der Waals surface area contributed by atoms with Crippen LogP contribution in [0.5, 0.6) is 0 Å². The minimum Gasteiger partial charge on any atom is -0.339 e. The summed E-state index contributed by atoms with van der Waals surface area (Å²) in [5.41, 5.74) is 0. The third-order valence-electron chi connectivity index (χ3n) is 2.70. The Bertz CT molecular complexity index is 370. The van der Waals surface area contributed by atoms with Crippen molar-refractivity contribution in [3.63, 3.8) is 0 Å². The molecule has 1 saturated heterocycles. The summed E-state index contributed by atoms with van der Waals surface area (Å²) in [5, 5.41) is 0. The molecule has 6 heteroatoms. The molecule has 1 aromatic heterocycles. The third kappa shape index (κ3) is 2.10. The molecule has 0 bridgehead atoms. The molecule has 86 valence electrons. The molecule has 16 heavy (non-hydrogen) atoms. The van der Waals surface area contributed by atoms with E-state index in [0.29, 0.717) is 25.6 Å². The Morgan fingerprint density at radius 1 is 1.44 bits per heavy atom. The quantitative estimate of drug-likeness (QED) is 0.677. The number of anilines is 1. The zero-order valence-electron chi connectivity index (χ0n) is 9.01. The van der Waals surface area contributed by atoms with E-state index in [9.17, 15) is 9.18 Å². The summed E-state index contributed by atoms with van der Waals surface area (Å²) in [6.07, 6.45) is 3.16. The number of carbonyl (C=O) groups excluding carboxylic acids is 1. The highest BCUT2D eigenvalue weighted by molar-refractivity contribution is 5.49. The first-order valence-electron chi connectivity index (χ1n) is 5.14. The van der Waals surface area contributed by atoms with Crippen LogP contribution in [0.4, 0.5) is 10.3 Å². The minimum absolute atomic E-state index is 0.125. The van der Waals surface area contributed by atoms with Crippen molar-refractivity contribution in [3.8, 4) is 0 Å². The molecule has 0 aromatic carbocycles. The zero-order chi connectivity index (χ0) is 11.5. The SMILES string of the molecule is C[C@H]1CN(c2ncc(F)cn2)CCN1C=O. The van der Waals surface area contributed by atoms with E-state index in [1.54, 1.807) is 4.90 Å². The van der Waals surface area contributed by atoms with Crippen LogP contribution in [0.15, 0.2) is 12.4 Å². The molecule has 1 aliphatic rings. The van der Waals surface area contributed by atoms with Gasteiger partial charge in [0.05, 0.1) is 12.4 Å². The Labute approximate surface area is 92.9 Å².